The largest absolute Gasteiger partial charge is 0.384 e. The Morgan fingerprint density at radius 3 is 1.93 bits per heavy atom. The van der Waals surface area contributed by atoms with Crippen molar-refractivity contribution >= 4 is 29.2 Å². The number of nitrogen functional groups attached to an aromatic ring is 2. The van der Waals surface area contributed by atoms with Gasteiger partial charge >= 0.3 is 0 Å². The van der Waals surface area contributed by atoms with Crippen LogP contribution in [0.15, 0.2) is 42.5 Å². The molecule has 0 aliphatic heterocycles. The lowest BCUT2D eigenvalue weighted by molar-refractivity contribution is 0.0768. The molecule has 0 aromatic heterocycles. The summed E-state index contributed by atoms with van der Waals surface area (Å²) in [6.45, 7) is 4.75. The van der Waals surface area contributed by atoms with E-state index in [-0.39, 0.29) is 28.7 Å². The van der Waals surface area contributed by atoms with E-state index in [0.29, 0.717) is 29.9 Å². The summed E-state index contributed by atoms with van der Waals surface area (Å²) < 4.78 is 0. The lowest BCUT2D eigenvalue weighted by Crippen LogP contribution is -2.32. The summed E-state index contributed by atoms with van der Waals surface area (Å²) in [6, 6.07) is 11.0. The average molecular weight is 380 g/mol. The Morgan fingerprint density at radius 1 is 0.893 bits per heavy atom. The van der Waals surface area contributed by atoms with Crippen LogP contribution in [-0.4, -0.2) is 41.5 Å². The van der Waals surface area contributed by atoms with Crippen LogP contribution in [0.5, 0.6) is 0 Å². The zero-order valence-corrected chi connectivity index (χ0v) is 15.9. The standard InChI is InChI=1S/C20H24N6O2/c1-3-26(4-2)20(28)15-10-7-13(18(23)24)11-16(15)19(27)25-14-8-5-12(6-9-14)17(21)22/h5-11H,3-4H2,1-2H3,(H3,21,22)(H3,23,24)(H,25,27). The third-order valence-corrected chi connectivity index (χ3v) is 4.31. The molecule has 2 rings (SSSR count). The maximum absolute atomic E-state index is 12.9. The van der Waals surface area contributed by atoms with E-state index >= 15 is 0 Å². The minimum absolute atomic E-state index is 0.0702. The van der Waals surface area contributed by atoms with E-state index in [2.05, 4.69) is 5.32 Å². The monoisotopic (exact) mass is 380 g/mol. The molecule has 8 heteroatoms. The highest BCUT2D eigenvalue weighted by atomic mass is 16.2. The molecule has 2 amide bonds. The van der Waals surface area contributed by atoms with Gasteiger partial charge in [-0.05, 0) is 50.2 Å². The zero-order valence-electron chi connectivity index (χ0n) is 15.9. The van der Waals surface area contributed by atoms with Crippen LogP contribution in [0.2, 0.25) is 0 Å². The van der Waals surface area contributed by atoms with Crippen molar-refractivity contribution in [3.8, 4) is 0 Å². The number of anilines is 1. The smallest absolute Gasteiger partial charge is 0.256 e. The topological polar surface area (TPSA) is 149 Å². The Hall–Kier alpha value is -3.68. The Bertz CT molecular complexity index is 917. The molecule has 7 N–H and O–H groups in total. The molecule has 28 heavy (non-hydrogen) atoms. The molecule has 146 valence electrons. The molecule has 0 bridgehead atoms. The molecule has 0 unspecified atom stereocenters. The molecular formula is C20H24N6O2. The number of rotatable bonds is 7. The van der Waals surface area contributed by atoms with Crippen LogP contribution in [0.25, 0.3) is 0 Å². The van der Waals surface area contributed by atoms with Gasteiger partial charge in [0.05, 0.1) is 11.1 Å². The Morgan fingerprint density at radius 2 is 1.43 bits per heavy atom. The highest BCUT2D eigenvalue weighted by Crippen LogP contribution is 2.18. The van der Waals surface area contributed by atoms with Crippen molar-refractivity contribution in [2.75, 3.05) is 18.4 Å². The van der Waals surface area contributed by atoms with Gasteiger partial charge in [-0.15, -0.1) is 0 Å². The quantitative estimate of drug-likeness (QED) is 0.369. The molecule has 0 spiro atoms. The number of amides is 2. The summed E-state index contributed by atoms with van der Waals surface area (Å²) in [5.41, 5.74) is 12.7. The SMILES string of the molecule is CCN(CC)C(=O)c1ccc(C(=N)N)cc1C(=O)Nc1ccc(C(=N)N)cc1. The van der Waals surface area contributed by atoms with Gasteiger partial charge in [-0.3, -0.25) is 20.4 Å². The molecule has 8 nitrogen and oxygen atoms in total. The minimum atomic E-state index is -0.491. The van der Waals surface area contributed by atoms with Gasteiger partial charge in [0.1, 0.15) is 11.7 Å². The molecule has 0 aliphatic rings. The molecule has 0 fully saturated rings. The highest BCUT2D eigenvalue weighted by molar-refractivity contribution is 6.13. The fourth-order valence-corrected chi connectivity index (χ4v) is 2.70. The first-order chi connectivity index (χ1) is 13.3. The number of hydrogen-bond donors (Lipinski definition) is 5. The molecule has 0 aliphatic carbocycles. The fraction of sp³-hybridized carbons (Fsp3) is 0.200. The molecule has 0 radical (unpaired) electrons. The third kappa shape index (κ3) is 4.53. The van der Waals surface area contributed by atoms with Crippen molar-refractivity contribution in [3.63, 3.8) is 0 Å². The van der Waals surface area contributed by atoms with Gasteiger partial charge in [0.15, 0.2) is 0 Å². The first-order valence-corrected chi connectivity index (χ1v) is 8.82. The first-order valence-electron chi connectivity index (χ1n) is 8.82. The predicted molar refractivity (Wildman–Crippen MR) is 110 cm³/mol. The van der Waals surface area contributed by atoms with E-state index in [4.69, 9.17) is 22.3 Å². The van der Waals surface area contributed by atoms with Crippen molar-refractivity contribution in [1.82, 2.24) is 4.90 Å². The number of hydrogen-bond acceptors (Lipinski definition) is 4. The predicted octanol–water partition coefficient (Wildman–Crippen LogP) is 1.99. The Labute approximate surface area is 163 Å². The van der Waals surface area contributed by atoms with Crippen LogP contribution < -0.4 is 16.8 Å². The number of carbonyl (C=O) groups is 2. The molecule has 2 aromatic rings. The van der Waals surface area contributed by atoms with Crippen molar-refractivity contribution < 1.29 is 9.59 Å². The average Bonchev–Trinajstić information content (AvgIpc) is 2.68. The van der Waals surface area contributed by atoms with Gasteiger partial charge < -0.3 is 21.7 Å². The van der Waals surface area contributed by atoms with E-state index < -0.39 is 5.91 Å². The van der Waals surface area contributed by atoms with Gasteiger partial charge in [-0.1, -0.05) is 6.07 Å². The van der Waals surface area contributed by atoms with Gasteiger partial charge in [0, 0.05) is 29.9 Å². The summed E-state index contributed by atoms with van der Waals surface area (Å²) in [4.78, 5) is 27.3. The highest BCUT2D eigenvalue weighted by Gasteiger charge is 2.21. The number of carbonyl (C=O) groups excluding carboxylic acids is 2. The second-order valence-electron chi connectivity index (χ2n) is 6.10. The van der Waals surface area contributed by atoms with Crippen LogP contribution in [0.4, 0.5) is 5.69 Å². The molecule has 2 aromatic carbocycles. The lowest BCUT2D eigenvalue weighted by atomic mass is 10.0. The summed E-state index contributed by atoms with van der Waals surface area (Å²) in [5, 5.41) is 17.8. The number of nitrogens with one attached hydrogen (secondary N) is 3. The number of amidine groups is 2. The molecule has 0 saturated carbocycles. The zero-order chi connectivity index (χ0) is 20.8. The Balaban J connectivity index is 2.41. The summed E-state index contributed by atoms with van der Waals surface area (Å²) in [6.07, 6.45) is 0. The van der Waals surface area contributed by atoms with Crippen molar-refractivity contribution in [2.24, 2.45) is 11.5 Å². The van der Waals surface area contributed by atoms with Crippen LogP contribution in [-0.2, 0) is 0 Å². The van der Waals surface area contributed by atoms with Crippen LogP contribution in [0, 0.1) is 10.8 Å². The van der Waals surface area contributed by atoms with E-state index in [1.54, 1.807) is 35.2 Å². The van der Waals surface area contributed by atoms with Gasteiger partial charge in [-0.25, -0.2) is 0 Å². The maximum atomic E-state index is 12.9. The van der Waals surface area contributed by atoms with E-state index in [0.717, 1.165) is 0 Å². The lowest BCUT2D eigenvalue weighted by Gasteiger charge is -2.20. The minimum Gasteiger partial charge on any atom is -0.384 e. The normalized spacial score (nSPS) is 10.2. The van der Waals surface area contributed by atoms with E-state index in [1.807, 2.05) is 13.8 Å². The molecule has 0 heterocycles. The van der Waals surface area contributed by atoms with Crippen LogP contribution >= 0.6 is 0 Å². The van der Waals surface area contributed by atoms with Crippen LogP contribution in [0.1, 0.15) is 45.7 Å². The summed E-state index contributed by atoms with van der Waals surface area (Å²) in [7, 11) is 0. The first kappa shape index (κ1) is 20.6. The van der Waals surface area contributed by atoms with Gasteiger partial charge in [-0.2, -0.15) is 0 Å². The van der Waals surface area contributed by atoms with Gasteiger partial charge in [0.2, 0.25) is 0 Å². The molecule has 0 saturated heterocycles. The van der Waals surface area contributed by atoms with Crippen molar-refractivity contribution in [1.29, 1.82) is 10.8 Å². The Kier molecular flexibility index (Phi) is 6.49. The third-order valence-electron chi connectivity index (χ3n) is 4.31. The number of benzene rings is 2. The molecule has 0 atom stereocenters. The van der Waals surface area contributed by atoms with Crippen molar-refractivity contribution in [3.05, 3.63) is 64.7 Å². The van der Waals surface area contributed by atoms with E-state index in [9.17, 15) is 9.59 Å². The summed E-state index contributed by atoms with van der Waals surface area (Å²) >= 11 is 0. The molecular weight excluding hydrogens is 356 g/mol. The summed E-state index contributed by atoms with van der Waals surface area (Å²) in [5.74, 6) is -1.02. The van der Waals surface area contributed by atoms with E-state index in [1.165, 1.54) is 12.1 Å². The van der Waals surface area contributed by atoms with Crippen molar-refractivity contribution in [2.45, 2.75) is 13.8 Å². The fourth-order valence-electron chi connectivity index (χ4n) is 2.70. The second kappa shape index (κ2) is 8.81. The second-order valence-corrected chi connectivity index (χ2v) is 6.10. The maximum Gasteiger partial charge on any atom is 0.256 e. The number of nitrogens with two attached hydrogens (primary N) is 2. The number of nitrogens with zero attached hydrogens (tertiary/aromatic N) is 1. The van der Waals surface area contributed by atoms with Crippen LogP contribution in [0.3, 0.4) is 0 Å². The van der Waals surface area contributed by atoms with Gasteiger partial charge in [0.25, 0.3) is 11.8 Å².